The number of carbonyl (C=O) groups is 2. The molecule has 1 saturated carbocycles. The Labute approximate surface area is 247 Å². The molecule has 4 aliphatic rings. The number of amides is 2. The maximum Gasteiger partial charge on any atom is 0.254 e. The van der Waals surface area contributed by atoms with Crippen LogP contribution in [0.15, 0.2) is 35.0 Å². The summed E-state index contributed by atoms with van der Waals surface area (Å²) in [6.07, 6.45) is 7.16. The number of carbonyl (C=O) groups excluding carboxylic acids is 2. The second kappa shape index (κ2) is 13.2. The van der Waals surface area contributed by atoms with Gasteiger partial charge in [0.25, 0.3) is 11.8 Å². The average Bonchev–Trinajstić information content (AvgIpc) is 3.81. The van der Waals surface area contributed by atoms with E-state index in [4.69, 9.17) is 9.47 Å². The van der Waals surface area contributed by atoms with Crippen molar-refractivity contribution in [3.63, 3.8) is 0 Å². The number of rotatable bonds is 9. The van der Waals surface area contributed by atoms with Crippen LogP contribution in [0, 0.1) is 5.82 Å². The Morgan fingerprint density at radius 1 is 1.19 bits per heavy atom. The van der Waals surface area contributed by atoms with Crippen LogP contribution >= 0.6 is 0 Å². The van der Waals surface area contributed by atoms with Gasteiger partial charge < -0.3 is 30.1 Å². The topological polar surface area (TPSA) is 116 Å². The van der Waals surface area contributed by atoms with Crippen molar-refractivity contribution in [2.45, 2.75) is 95.9 Å². The van der Waals surface area contributed by atoms with Crippen molar-refractivity contribution in [2.24, 2.45) is 4.99 Å². The van der Waals surface area contributed by atoms with Crippen LogP contribution in [0.1, 0.15) is 81.6 Å². The fourth-order valence-electron chi connectivity index (χ4n) is 5.76. The summed E-state index contributed by atoms with van der Waals surface area (Å²) in [4.78, 5) is 34.6. The van der Waals surface area contributed by atoms with Crippen LogP contribution in [0.25, 0.3) is 0 Å². The van der Waals surface area contributed by atoms with E-state index in [-0.39, 0.29) is 36.2 Å². The van der Waals surface area contributed by atoms with Gasteiger partial charge in [-0.3, -0.25) is 19.5 Å². The van der Waals surface area contributed by atoms with Crippen molar-refractivity contribution in [1.29, 1.82) is 0 Å². The number of hydrogen-bond acceptors (Lipinski definition) is 8. The molecule has 3 heterocycles. The number of aliphatic imine (C=N–C) groups is 1. The molecule has 42 heavy (non-hydrogen) atoms. The van der Waals surface area contributed by atoms with E-state index < -0.39 is 23.7 Å². The lowest BCUT2D eigenvalue weighted by Gasteiger charge is -2.41. The van der Waals surface area contributed by atoms with E-state index in [1.807, 2.05) is 30.6 Å². The molecule has 2 unspecified atom stereocenters. The van der Waals surface area contributed by atoms with E-state index in [0.717, 1.165) is 44.9 Å². The van der Waals surface area contributed by atoms with Gasteiger partial charge in [-0.2, -0.15) is 0 Å². The first-order valence-corrected chi connectivity index (χ1v) is 15.2. The number of nitrogens with zero attached hydrogens (tertiary/aromatic N) is 3. The van der Waals surface area contributed by atoms with Gasteiger partial charge in [-0.25, -0.2) is 4.39 Å². The third kappa shape index (κ3) is 7.75. The third-order valence-corrected chi connectivity index (χ3v) is 8.16. The highest BCUT2D eigenvalue weighted by atomic mass is 19.1. The zero-order valence-electron chi connectivity index (χ0n) is 24.9. The summed E-state index contributed by atoms with van der Waals surface area (Å²) in [7, 11) is 0. The molecule has 0 aromatic heterocycles. The molecular formula is C31H44FN5O5. The molecule has 2 atom stereocenters. The standard InChI is InChI=1S/C31H44FN5O5/c1-31(2,3)42-30(40)36-13-11-23(12-14-36)37(22-8-9-22)29(39)21-17-33-27(34-18-21)20-7-10-25(26(32)16-20)28(38)35-19-24-6-4-5-15-41-24/h7,10,16-17,22-24,30,40H,4-6,8-9,11-15,18-19H2,1-3H3,(H,33,34)(H,35,38). The SMILES string of the molecule is CC(C)(C)OC(O)N1CCC(N(C(=O)C2=CNC(c3ccc(C(=O)NCC4CCCCO4)c(F)c3)=NC2)C2CC2)CC1. The molecule has 0 radical (unpaired) electrons. The first-order chi connectivity index (χ1) is 20.1. The summed E-state index contributed by atoms with van der Waals surface area (Å²) in [6.45, 7) is 8.27. The first-order valence-electron chi connectivity index (χ1n) is 15.2. The minimum atomic E-state index is -0.960. The number of amidine groups is 1. The summed E-state index contributed by atoms with van der Waals surface area (Å²) in [5.74, 6) is -0.680. The predicted molar refractivity (Wildman–Crippen MR) is 156 cm³/mol. The van der Waals surface area contributed by atoms with Crippen molar-refractivity contribution in [2.75, 3.05) is 32.8 Å². The fraction of sp³-hybridized carbons (Fsp3) is 0.645. The monoisotopic (exact) mass is 585 g/mol. The molecule has 3 aliphatic heterocycles. The van der Waals surface area contributed by atoms with Gasteiger partial charge in [0, 0.05) is 50.1 Å². The third-order valence-electron chi connectivity index (χ3n) is 8.16. The van der Waals surface area contributed by atoms with Gasteiger partial charge in [-0.1, -0.05) is 6.07 Å². The summed E-state index contributed by atoms with van der Waals surface area (Å²) in [5.41, 5.74) is 0.592. The Bertz CT molecular complexity index is 1200. The van der Waals surface area contributed by atoms with Crippen molar-refractivity contribution in [1.82, 2.24) is 20.4 Å². The number of nitrogens with one attached hydrogen (secondary N) is 2. The lowest BCUT2D eigenvalue weighted by Crippen LogP contribution is -2.52. The normalized spacial score (nSPS) is 22.9. The van der Waals surface area contributed by atoms with Crippen molar-refractivity contribution < 1.29 is 28.6 Å². The van der Waals surface area contributed by atoms with Gasteiger partial charge in [0.15, 0.2) is 0 Å². The van der Waals surface area contributed by atoms with Crippen LogP contribution in [-0.4, -0.2) is 95.5 Å². The smallest absolute Gasteiger partial charge is 0.254 e. The molecule has 11 heteroatoms. The van der Waals surface area contributed by atoms with E-state index >= 15 is 0 Å². The van der Waals surface area contributed by atoms with Crippen LogP contribution in [0.3, 0.4) is 0 Å². The second-order valence-electron chi connectivity index (χ2n) is 12.6. The quantitative estimate of drug-likeness (QED) is 0.382. The molecule has 0 spiro atoms. The number of aliphatic hydroxyl groups excluding tert-OH is 1. The van der Waals surface area contributed by atoms with E-state index in [0.29, 0.717) is 43.2 Å². The number of halogens is 1. The van der Waals surface area contributed by atoms with Gasteiger partial charge in [0.2, 0.25) is 6.41 Å². The van der Waals surface area contributed by atoms with E-state index in [9.17, 15) is 19.1 Å². The van der Waals surface area contributed by atoms with Crippen LogP contribution in [0.5, 0.6) is 0 Å². The number of piperidine rings is 1. The number of benzene rings is 1. The molecule has 1 aliphatic carbocycles. The maximum atomic E-state index is 14.9. The second-order valence-corrected chi connectivity index (χ2v) is 12.6. The molecule has 1 aromatic rings. The molecule has 2 amide bonds. The van der Waals surface area contributed by atoms with Crippen molar-refractivity contribution in [3.8, 4) is 0 Å². The van der Waals surface area contributed by atoms with Crippen LogP contribution in [0.4, 0.5) is 4.39 Å². The average molecular weight is 586 g/mol. The molecule has 2 saturated heterocycles. The van der Waals surface area contributed by atoms with Gasteiger partial charge in [0.1, 0.15) is 11.7 Å². The summed E-state index contributed by atoms with van der Waals surface area (Å²) >= 11 is 0. The summed E-state index contributed by atoms with van der Waals surface area (Å²) in [6, 6.07) is 4.73. The van der Waals surface area contributed by atoms with Gasteiger partial charge in [0.05, 0.1) is 29.4 Å². The van der Waals surface area contributed by atoms with E-state index in [1.165, 1.54) is 12.1 Å². The number of hydrogen-bond donors (Lipinski definition) is 3. The first kappa shape index (κ1) is 30.6. The van der Waals surface area contributed by atoms with Gasteiger partial charge in [-0.05, 0) is 77.8 Å². The van der Waals surface area contributed by atoms with E-state index in [2.05, 4.69) is 15.6 Å². The molecule has 3 N–H and O–H groups in total. The molecule has 0 bridgehead atoms. The highest BCUT2D eigenvalue weighted by Gasteiger charge is 2.40. The predicted octanol–water partition coefficient (Wildman–Crippen LogP) is 2.90. The van der Waals surface area contributed by atoms with Crippen molar-refractivity contribution in [3.05, 3.63) is 46.9 Å². The minimum absolute atomic E-state index is 0.0269. The Morgan fingerprint density at radius 2 is 1.93 bits per heavy atom. The summed E-state index contributed by atoms with van der Waals surface area (Å²) in [5, 5.41) is 16.3. The Balaban J connectivity index is 1.15. The zero-order valence-corrected chi connectivity index (χ0v) is 24.9. The van der Waals surface area contributed by atoms with E-state index in [1.54, 1.807) is 12.3 Å². The van der Waals surface area contributed by atoms with Gasteiger partial charge in [-0.15, -0.1) is 0 Å². The van der Waals surface area contributed by atoms with Gasteiger partial charge >= 0.3 is 0 Å². The number of aliphatic hydroxyl groups is 1. The lowest BCUT2D eigenvalue weighted by atomic mass is 10.0. The van der Waals surface area contributed by atoms with Crippen molar-refractivity contribution >= 4 is 17.6 Å². The van der Waals surface area contributed by atoms with Crippen LogP contribution in [0.2, 0.25) is 0 Å². The molecular weight excluding hydrogens is 541 g/mol. The van der Waals surface area contributed by atoms with Crippen LogP contribution in [-0.2, 0) is 14.3 Å². The zero-order chi connectivity index (χ0) is 29.9. The Hall–Kier alpha value is -2.86. The summed E-state index contributed by atoms with van der Waals surface area (Å²) < 4.78 is 26.2. The minimum Gasteiger partial charge on any atom is -0.376 e. The highest BCUT2D eigenvalue weighted by Crippen LogP contribution is 2.34. The molecule has 5 rings (SSSR count). The lowest BCUT2D eigenvalue weighted by molar-refractivity contribution is -0.243. The molecule has 10 nitrogen and oxygen atoms in total. The Kier molecular flexibility index (Phi) is 9.61. The largest absolute Gasteiger partial charge is 0.376 e. The molecule has 3 fully saturated rings. The molecule has 230 valence electrons. The molecule has 1 aromatic carbocycles. The maximum absolute atomic E-state index is 14.9. The number of ether oxygens (including phenoxy) is 2. The Morgan fingerprint density at radius 3 is 2.52 bits per heavy atom. The van der Waals surface area contributed by atoms with Crippen LogP contribution < -0.4 is 10.6 Å². The fourth-order valence-corrected chi connectivity index (χ4v) is 5.76. The highest BCUT2D eigenvalue weighted by molar-refractivity contribution is 6.04. The number of likely N-dealkylation sites (tertiary alicyclic amines) is 1.